The van der Waals surface area contributed by atoms with E-state index in [1.54, 1.807) is 4.90 Å². The van der Waals surface area contributed by atoms with Gasteiger partial charge in [0.2, 0.25) is 0 Å². The van der Waals surface area contributed by atoms with Crippen LogP contribution in [0.4, 0.5) is 0 Å². The van der Waals surface area contributed by atoms with Crippen LogP contribution in [0, 0.1) is 0 Å². The molecule has 2 N–H and O–H groups in total. The maximum atomic E-state index is 12.1. The van der Waals surface area contributed by atoms with Crippen LogP contribution in [0.5, 0.6) is 5.75 Å². The minimum atomic E-state index is -0.0982. The Morgan fingerprint density at radius 2 is 1.91 bits per heavy atom. The van der Waals surface area contributed by atoms with E-state index in [4.69, 9.17) is 15.3 Å². The number of ether oxygens (including phenoxy) is 1. The summed E-state index contributed by atoms with van der Waals surface area (Å²) in [5.41, 5.74) is 5.70. The van der Waals surface area contributed by atoms with Gasteiger partial charge < -0.3 is 20.2 Å². The Balaban J connectivity index is 1.68. The summed E-state index contributed by atoms with van der Waals surface area (Å²) in [6, 6.07) is 9.63. The standard InChI is InChI=1S/C17H25N3O3/c1-20(14-8-4-2-5-9-14)17(21)13-23-19-16(18)12-22-15-10-6-3-7-11-15/h3,6-7,10-11,14H,2,4-5,8-9,12-13H2,1H3,(H2,18,19). The summed E-state index contributed by atoms with van der Waals surface area (Å²) in [6.45, 7) is 0.0235. The molecule has 1 fully saturated rings. The second kappa shape index (κ2) is 9.02. The van der Waals surface area contributed by atoms with Crippen molar-refractivity contribution in [2.45, 2.75) is 38.1 Å². The van der Waals surface area contributed by atoms with Crippen molar-refractivity contribution in [3.8, 4) is 5.75 Å². The Morgan fingerprint density at radius 1 is 1.22 bits per heavy atom. The summed E-state index contributed by atoms with van der Waals surface area (Å²) in [4.78, 5) is 18.9. The van der Waals surface area contributed by atoms with Gasteiger partial charge in [0.05, 0.1) is 0 Å². The Morgan fingerprint density at radius 3 is 2.61 bits per heavy atom. The van der Waals surface area contributed by atoms with Crippen LogP contribution in [-0.2, 0) is 9.63 Å². The number of likely N-dealkylation sites (N-methyl/N-ethyl adjacent to an activating group) is 1. The van der Waals surface area contributed by atoms with Gasteiger partial charge in [0, 0.05) is 13.1 Å². The second-order valence-electron chi connectivity index (χ2n) is 5.75. The van der Waals surface area contributed by atoms with E-state index in [0.29, 0.717) is 11.8 Å². The summed E-state index contributed by atoms with van der Waals surface area (Å²) in [5.74, 6) is 0.832. The van der Waals surface area contributed by atoms with Gasteiger partial charge in [-0.25, -0.2) is 0 Å². The first-order valence-corrected chi connectivity index (χ1v) is 8.04. The Labute approximate surface area is 137 Å². The van der Waals surface area contributed by atoms with Crippen molar-refractivity contribution < 1.29 is 14.4 Å². The molecule has 6 heteroatoms. The van der Waals surface area contributed by atoms with Gasteiger partial charge in [0.25, 0.3) is 5.91 Å². The molecule has 1 aromatic carbocycles. The Kier molecular flexibility index (Phi) is 6.72. The molecule has 0 bridgehead atoms. The van der Waals surface area contributed by atoms with E-state index in [2.05, 4.69) is 5.16 Å². The van der Waals surface area contributed by atoms with Crippen LogP contribution in [0.25, 0.3) is 0 Å². The van der Waals surface area contributed by atoms with E-state index in [-0.39, 0.29) is 25.0 Å². The third-order valence-corrected chi connectivity index (χ3v) is 4.02. The molecule has 0 unspecified atom stereocenters. The smallest absolute Gasteiger partial charge is 0.263 e. The number of oxime groups is 1. The van der Waals surface area contributed by atoms with Gasteiger partial charge in [0.15, 0.2) is 12.4 Å². The Bertz CT molecular complexity index is 513. The molecule has 1 amide bonds. The zero-order valence-corrected chi connectivity index (χ0v) is 13.6. The lowest BCUT2D eigenvalue weighted by Crippen LogP contribution is -2.40. The maximum Gasteiger partial charge on any atom is 0.263 e. The molecule has 0 atom stereocenters. The van der Waals surface area contributed by atoms with E-state index >= 15 is 0 Å². The largest absolute Gasteiger partial charge is 0.486 e. The molecule has 1 aromatic rings. The Hall–Kier alpha value is -2.24. The van der Waals surface area contributed by atoms with Crippen molar-refractivity contribution in [2.75, 3.05) is 20.3 Å². The minimum Gasteiger partial charge on any atom is -0.486 e. The highest BCUT2D eigenvalue weighted by Crippen LogP contribution is 2.21. The third kappa shape index (κ3) is 5.81. The molecular formula is C17H25N3O3. The predicted octanol–water partition coefficient (Wildman–Crippen LogP) is 2.15. The fourth-order valence-electron chi connectivity index (χ4n) is 2.64. The number of carbonyl (C=O) groups excluding carboxylic acids is 1. The molecule has 0 saturated heterocycles. The molecule has 6 nitrogen and oxygen atoms in total. The first-order chi connectivity index (χ1) is 11.2. The second-order valence-corrected chi connectivity index (χ2v) is 5.75. The zero-order chi connectivity index (χ0) is 16.5. The highest BCUT2D eigenvalue weighted by atomic mass is 16.6. The van der Waals surface area contributed by atoms with Crippen LogP contribution >= 0.6 is 0 Å². The average Bonchev–Trinajstić information content (AvgIpc) is 2.61. The quantitative estimate of drug-likeness (QED) is 0.474. The number of rotatable bonds is 7. The normalized spacial score (nSPS) is 16.0. The summed E-state index contributed by atoms with van der Waals surface area (Å²) < 4.78 is 5.44. The molecule has 1 aliphatic carbocycles. The molecule has 0 aromatic heterocycles. The molecule has 23 heavy (non-hydrogen) atoms. The van der Waals surface area contributed by atoms with Gasteiger partial charge in [-0.3, -0.25) is 4.79 Å². The van der Waals surface area contributed by atoms with E-state index in [0.717, 1.165) is 12.8 Å². The van der Waals surface area contributed by atoms with Crippen molar-refractivity contribution in [1.82, 2.24) is 4.90 Å². The molecule has 0 spiro atoms. The number of amidine groups is 1. The fourth-order valence-corrected chi connectivity index (χ4v) is 2.64. The van der Waals surface area contributed by atoms with E-state index in [1.807, 2.05) is 37.4 Å². The van der Waals surface area contributed by atoms with Crippen LogP contribution in [0.1, 0.15) is 32.1 Å². The highest BCUT2D eigenvalue weighted by Gasteiger charge is 2.22. The summed E-state index contributed by atoms with van der Waals surface area (Å²) in [5, 5.41) is 3.73. The first-order valence-electron chi connectivity index (χ1n) is 8.04. The number of amides is 1. The molecule has 126 valence electrons. The summed E-state index contributed by atoms with van der Waals surface area (Å²) >= 11 is 0. The molecule has 0 heterocycles. The van der Waals surface area contributed by atoms with Crippen LogP contribution in [-0.4, -0.2) is 42.9 Å². The molecular weight excluding hydrogens is 294 g/mol. The van der Waals surface area contributed by atoms with Crippen molar-refractivity contribution in [1.29, 1.82) is 0 Å². The van der Waals surface area contributed by atoms with Crippen molar-refractivity contribution >= 4 is 11.7 Å². The van der Waals surface area contributed by atoms with Crippen LogP contribution in [0.15, 0.2) is 35.5 Å². The van der Waals surface area contributed by atoms with E-state index in [1.165, 1.54) is 19.3 Å². The number of para-hydroxylation sites is 1. The maximum absolute atomic E-state index is 12.1. The predicted molar refractivity (Wildman–Crippen MR) is 89.2 cm³/mol. The number of carbonyl (C=O) groups is 1. The fraction of sp³-hybridized carbons (Fsp3) is 0.529. The van der Waals surface area contributed by atoms with Gasteiger partial charge in [-0.15, -0.1) is 0 Å². The third-order valence-electron chi connectivity index (χ3n) is 4.02. The first kappa shape index (κ1) is 17.1. The summed E-state index contributed by atoms with van der Waals surface area (Å²) in [6.07, 6.45) is 5.77. The van der Waals surface area contributed by atoms with Gasteiger partial charge in [-0.1, -0.05) is 42.6 Å². The molecule has 1 aliphatic rings. The molecule has 0 radical (unpaired) electrons. The SMILES string of the molecule is CN(C(=O)CON=C(N)COc1ccccc1)C1CCCCC1. The highest BCUT2D eigenvalue weighted by molar-refractivity contribution is 5.81. The van der Waals surface area contributed by atoms with Crippen molar-refractivity contribution in [2.24, 2.45) is 10.9 Å². The van der Waals surface area contributed by atoms with Gasteiger partial charge in [0.1, 0.15) is 12.4 Å². The lowest BCUT2D eigenvalue weighted by Gasteiger charge is -2.30. The molecule has 1 saturated carbocycles. The van der Waals surface area contributed by atoms with Crippen LogP contribution in [0.2, 0.25) is 0 Å². The van der Waals surface area contributed by atoms with Gasteiger partial charge in [-0.2, -0.15) is 0 Å². The molecule has 2 rings (SSSR count). The zero-order valence-electron chi connectivity index (χ0n) is 13.6. The number of benzene rings is 1. The van der Waals surface area contributed by atoms with Crippen LogP contribution < -0.4 is 10.5 Å². The summed E-state index contributed by atoms with van der Waals surface area (Å²) in [7, 11) is 1.83. The monoisotopic (exact) mass is 319 g/mol. The van der Waals surface area contributed by atoms with E-state index < -0.39 is 0 Å². The number of hydrogen-bond donors (Lipinski definition) is 1. The van der Waals surface area contributed by atoms with Crippen LogP contribution in [0.3, 0.4) is 0 Å². The van der Waals surface area contributed by atoms with E-state index in [9.17, 15) is 4.79 Å². The topological polar surface area (TPSA) is 77.2 Å². The lowest BCUT2D eigenvalue weighted by atomic mass is 9.94. The van der Waals surface area contributed by atoms with Gasteiger partial charge in [-0.05, 0) is 25.0 Å². The number of hydrogen-bond acceptors (Lipinski definition) is 4. The van der Waals surface area contributed by atoms with Gasteiger partial charge >= 0.3 is 0 Å². The average molecular weight is 319 g/mol. The number of nitrogens with zero attached hydrogens (tertiary/aromatic N) is 2. The minimum absolute atomic E-state index is 0.0718. The number of nitrogens with two attached hydrogens (primary N) is 1. The van der Waals surface area contributed by atoms with Crippen molar-refractivity contribution in [3.63, 3.8) is 0 Å². The lowest BCUT2D eigenvalue weighted by molar-refractivity contribution is -0.137. The van der Waals surface area contributed by atoms with Crippen molar-refractivity contribution in [3.05, 3.63) is 30.3 Å². The molecule has 0 aliphatic heterocycles.